The third-order valence-corrected chi connectivity index (χ3v) is 5.53. The molecule has 0 fully saturated rings. The molecule has 0 radical (unpaired) electrons. The van der Waals surface area contributed by atoms with E-state index >= 15 is 4.39 Å². The van der Waals surface area contributed by atoms with Crippen molar-refractivity contribution in [3.8, 4) is 11.5 Å². The zero-order valence-electron chi connectivity index (χ0n) is 17.3. The van der Waals surface area contributed by atoms with Crippen molar-refractivity contribution in [3.63, 3.8) is 0 Å². The second-order valence-corrected chi connectivity index (χ2v) is 8.15. The van der Waals surface area contributed by atoms with Gasteiger partial charge in [-0.15, -0.1) is 0 Å². The van der Waals surface area contributed by atoms with Gasteiger partial charge in [0.15, 0.2) is 11.6 Å². The number of aromatic nitrogens is 1. The summed E-state index contributed by atoms with van der Waals surface area (Å²) >= 11 is 5.87. The van der Waals surface area contributed by atoms with Crippen molar-refractivity contribution in [2.75, 3.05) is 24.3 Å². The molecule has 32 heavy (non-hydrogen) atoms. The molecule has 1 aliphatic rings. The van der Waals surface area contributed by atoms with Gasteiger partial charge in [0.05, 0.1) is 28.7 Å². The highest BCUT2D eigenvalue weighted by atomic mass is 35.5. The molecule has 4 N–H and O–H groups in total. The van der Waals surface area contributed by atoms with Crippen LogP contribution >= 0.6 is 11.6 Å². The Kier molecular flexibility index (Phi) is 5.60. The molecule has 4 rings (SSSR count). The Morgan fingerprint density at radius 1 is 1.44 bits per heavy atom. The molecule has 3 aromatic rings. The van der Waals surface area contributed by atoms with E-state index in [1.54, 1.807) is 42.7 Å². The first-order valence-corrected chi connectivity index (χ1v) is 10.3. The van der Waals surface area contributed by atoms with Gasteiger partial charge >= 0.3 is 5.97 Å². The van der Waals surface area contributed by atoms with E-state index < -0.39 is 28.5 Å². The molecule has 2 heterocycles. The van der Waals surface area contributed by atoms with Gasteiger partial charge in [-0.05, 0) is 38.1 Å². The molecule has 0 amide bonds. The second kappa shape index (κ2) is 8.23. The highest BCUT2D eigenvalue weighted by Gasteiger charge is 2.31. The van der Waals surface area contributed by atoms with Gasteiger partial charge in [0.1, 0.15) is 30.2 Å². The minimum Gasteiger partial charge on any atom is -0.491 e. The number of nitrogens with two attached hydrogens (primary N) is 1. The molecule has 0 aliphatic carbocycles. The van der Waals surface area contributed by atoms with Crippen molar-refractivity contribution < 1.29 is 23.8 Å². The molecule has 1 unspecified atom stereocenters. The van der Waals surface area contributed by atoms with Gasteiger partial charge in [-0.25, -0.2) is 9.18 Å². The van der Waals surface area contributed by atoms with Crippen LogP contribution in [0.15, 0.2) is 35.3 Å². The number of nitrogens with one attached hydrogen (secondary N) is 1. The van der Waals surface area contributed by atoms with Crippen LogP contribution in [0, 0.1) is 5.82 Å². The zero-order chi connectivity index (χ0) is 23.2. The molecule has 2 aromatic carbocycles. The van der Waals surface area contributed by atoms with Crippen LogP contribution in [0.2, 0.25) is 5.02 Å². The smallest absolute Gasteiger partial charge is 0.341 e. The standard InChI is InChI=1S/C22H21ClFN3O5/c1-10(8-31-13-5-3-12(23)4-6-13)26-18-16(24)17(25)15-19-21(18)32-9-11(2)27(19)7-14(20(15)28)22(29)30/h3-7,10-11,26H,8-9,25H2,1-2H3,(H,29,30)/t10?,11-/m0/s1. The summed E-state index contributed by atoms with van der Waals surface area (Å²) in [6.07, 6.45) is 1.25. The van der Waals surface area contributed by atoms with E-state index in [-0.39, 0.29) is 47.6 Å². The van der Waals surface area contributed by atoms with Gasteiger partial charge in [-0.1, -0.05) is 11.6 Å². The lowest BCUT2D eigenvalue weighted by atomic mass is 10.0. The number of benzene rings is 2. The average Bonchev–Trinajstić information content (AvgIpc) is 2.75. The van der Waals surface area contributed by atoms with Crippen LogP contribution in [-0.2, 0) is 0 Å². The summed E-state index contributed by atoms with van der Waals surface area (Å²) in [5, 5.41) is 12.8. The molecule has 0 bridgehead atoms. The Labute approximate surface area is 187 Å². The minimum atomic E-state index is -1.41. The van der Waals surface area contributed by atoms with Gasteiger partial charge in [-0.2, -0.15) is 0 Å². The molecule has 0 saturated heterocycles. The minimum absolute atomic E-state index is 0.00895. The number of hydrogen-bond donors (Lipinski definition) is 3. The monoisotopic (exact) mass is 461 g/mol. The van der Waals surface area contributed by atoms with Crippen molar-refractivity contribution in [1.82, 2.24) is 4.57 Å². The van der Waals surface area contributed by atoms with Gasteiger partial charge < -0.3 is 30.2 Å². The predicted octanol–water partition coefficient (Wildman–Crippen LogP) is 3.91. The second-order valence-electron chi connectivity index (χ2n) is 7.71. The highest BCUT2D eigenvalue weighted by Crippen LogP contribution is 2.43. The number of nitrogens with zero attached hydrogens (tertiary/aromatic N) is 1. The summed E-state index contributed by atoms with van der Waals surface area (Å²) in [6.45, 7) is 3.94. The molecule has 0 spiro atoms. The first-order chi connectivity index (χ1) is 15.2. The molecule has 2 atom stereocenters. The quantitative estimate of drug-likeness (QED) is 0.476. The number of carbonyl (C=O) groups is 1. The molecule has 0 saturated carbocycles. The SMILES string of the molecule is CC(COc1ccc(Cl)cc1)Nc1c(F)c(N)c2c(=O)c(C(=O)O)cn3c2c1OC[C@@H]3C. The number of carboxylic acid groups (broad SMARTS) is 1. The average molecular weight is 462 g/mol. The van der Waals surface area contributed by atoms with Gasteiger partial charge in [0, 0.05) is 11.2 Å². The van der Waals surface area contributed by atoms with Crippen molar-refractivity contribution in [3.05, 3.63) is 57.1 Å². The van der Waals surface area contributed by atoms with Crippen LogP contribution < -0.4 is 26.0 Å². The Bertz CT molecular complexity index is 1280. The highest BCUT2D eigenvalue weighted by molar-refractivity contribution is 6.30. The number of rotatable bonds is 6. The maximum atomic E-state index is 15.3. The summed E-state index contributed by atoms with van der Waals surface area (Å²) < 4.78 is 28.4. The van der Waals surface area contributed by atoms with E-state index in [1.165, 1.54) is 6.20 Å². The predicted molar refractivity (Wildman–Crippen MR) is 120 cm³/mol. The Hall–Kier alpha value is -3.46. The number of aromatic carboxylic acids is 1. The third kappa shape index (κ3) is 3.69. The maximum Gasteiger partial charge on any atom is 0.341 e. The van der Waals surface area contributed by atoms with Crippen LogP contribution in [0.1, 0.15) is 30.2 Å². The topological polar surface area (TPSA) is 116 Å². The van der Waals surface area contributed by atoms with Crippen molar-refractivity contribution in [2.45, 2.75) is 25.9 Å². The Morgan fingerprint density at radius 2 is 2.12 bits per heavy atom. The fourth-order valence-corrected chi connectivity index (χ4v) is 3.80. The van der Waals surface area contributed by atoms with Crippen LogP contribution in [0.5, 0.6) is 11.5 Å². The zero-order valence-corrected chi connectivity index (χ0v) is 18.1. The van der Waals surface area contributed by atoms with Crippen molar-refractivity contribution in [1.29, 1.82) is 0 Å². The largest absolute Gasteiger partial charge is 0.491 e. The lowest BCUT2D eigenvalue weighted by Gasteiger charge is -2.30. The van der Waals surface area contributed by atoms with Crippen molar-refractivity contribution >= 4 is 39.8 Å². The summed E-state index contributed by atoms with van der Waals surface area (Å²) in [6, 6.07) is 6.18. The lowest BCUT2D eigenvalue weighted by Crippen LogP contribution is -2.30. The van der Waals surface area contributed by atoms with E-state index in [2.05, 4.69) is 5.32 Å². The van der Waals surface area contributed by atoms with Crippen LogP contribution in [-0.4, -0.2) is 34.9 Å². The van der Waals surface area contributed by atoms with Gasteiger partial charge in [0.2, 0.25) is 5.43 Å². The fourth-order valence-electron chi connectivity index (χ4n) is 3.67. The normalized spacial score (nSPS) is 15.8. The molecular formula is C22H21ClFN3O5. The van der Waals surface area contributed by atoms with E-state index in [1.807, 2.05) is 0 Å². The number of halogens is 2. The molecule has 1 aliphatic heterocycles. The maximum absolute atomic E-state index is 15.3. The number of carboxylic acids is 1. The summed E-state index contributed by atoms with van der Waals surface area (Å²) in [5.74, 6) is -1.58. The summed E-state index contributed by atoms with van der Waals surface area (Å²) in [5.41, 5.74) is 4.46. The number of anilines is 2. The van der Waals surface area contributed by atoms with Gasteiger partial charge in [-0.3, -0.25) is 4.79 Å². The fraction of sp³-hybridized carbons (Fsp3) is 0.273. The molecule has 1 aromatic heterocycles. The number of pyridine rings is 1. The molecular weight excluding hydrogens is 441 g/mol. The van der Waals surface area contributed by atoms with Gasteiger partial charge in [0.25, 0.3) is 0 Å². The number of nitrogen functional groups attached to an aromatic ring is 1. The van der Waals surface area contributed by atoms with Crippen molar-refractivity contribution in [2.24, 2.45) is 0 Å². The number of hydrogen-bond acceptors (Lipinski definition) is 6. The van der Waals surface area contributed by atoms with Crippen LogP contribution in [0.4, 0.5) is 15.8 Å². The summed E-state index contributed by atoms with van der Waals surface area (Å²) in [4.78, 5) is 24.3. The van der Waals surface area contributed by atoms with E-state index in [4.69, 9.17) is 26.8 Å². The first kappa shape index (κ1) is 21.8. The molecule has 8 nitrogen and oxygen atoms in total. The summed E-state index contributed by atoms with van der Waals surface area (Å²) in [7, 11) is 0. The number of ether oxygens (including phenoxy) is 2. The lowest BCUT2D eigenvalue weighted by molar-refractivity contribution is 0.0694. The van der Waals surface area contributed by atoms with E-state index in [9.17, 15) is 14.7 Å². The Balaban J connectivity index is 1.75. The molecule has 10 heteroatoms. The van der Waals surface area contributed by atoms with Crippen LogP contribution in [0.25, 0.3) is 10.9 Å². The van der Waals surface area contributed by atoms with E-state index in [0.717, 1.165) is 0 Å². The third-order valence-electron chi connectivity index (χ3n) is 5.28. The van der Waals surface area contributed by atoms with Crippen LogP contribution in [0.3, 0.4) is 0 Å². The molecule has 168 valence electrons. The first-order valence-electron chi connectivity index (χ1n) is 9.89. The Morgan fingerprint density at radius 3 is 2.78 bits per heavy atom. The van der Waals surface area contributed by atoms with E-state index in [0.29, 0.717) is 10.8 Å².